The lowest BCUT2D eigenvalue weighted by molar-refractivity contribution is -0.126. The van der Waals surface area contributed by atoms with E-state index in [1.807, 2.05) is 43.1 Å². The molecule has 1 fully saturated rings. The zero-order chi connectivity index (χ0) is 15.9. The number of hydrogen-bond donors (Lipinski definition) is 1. The standard InChI is InChI=1S/C18H25N3O/c1-14-8-10-15(11-9-14)17(21(2)13-5-12-19)18(22)20-16-6-3-4-7-16/h8-11,16-17H,3-7,13H2,1-2H3,(H,20,22). The van der Waals surface area contributed by atoms with Crippen LogP contribution in [0.25, 0.3) is 0 Å². The second kappa shape index (κ2) is 7.95. The summed E-state index contributed by atoms with van der Waals surface area (Å²) < 4.78 is 0. The molecule has 118 valence electrons. The maximum atomic E-state index is 12.8. The molecule has 4 nitrogen and oxygen atoms in total. The maximum Gasteiger partial charge on any atom is 0.242 e. The van der Waals surface area contributed by atoms with E-state index in [0.29, 0.717) is 19.0 Å². The number of hydrogen-bond acceptors (Lipinski definition) is 3. The average molecular weight is 299 g/mol. The van der Waals surface area contributed by atoms with Crippen molar-refractivity contribution in [3.05, 3.63) is 35.4 Å². The van der Waals surface area contributed by atoms with Crippen molar-refractivity contribution in [2.45, 2.75) is 51.1 Å². The lowest BCUT2D eigenvalue weighted by Gasteiger charge is -2.28. The molecule has 1 unspecified atom stereocenters. The predicted molar refractivity (Wildman–Crippen MR) is 87.2 cm³/mol. The van der Waals surface area contributed by atoms with Crippen molar-refractivity contribution in [2.75, 3.05) is 13.6 Å². The van der Waals surface area contributed by atoms with Crippen LogP contribution >= 0.6 is 0 Å². The summed E-state index contributed by atoms with van der Waals surface area (Å²) >= 11 is 0. The van der Waals surface area contributed by atoms with E-state index < -0.39 is 0 Å². The first-order chi connectivity index (χ1) is 10.6. The molecule has 22 heavy (non-hydrogen) atoms. The summed E-state index contributed by atoms with van der Waals surface area (Å²) in [6.45, 7) is 2.63. The van der Waals surface area contributed by atoms with Crippen LogP contribution in [0.5, 0.6) is 0 Å². The Hall–Kier alpha value is -1.86. The van der Waals surface area contributed by atoms with Crippen molar-refractivity contribution in [1.82, 2.24) is 10.2 Å². The molecular weight excluding hydrogens is 274 g/mol. The number of likely N-dealkylation sites (N-methyl/N-ethyl adjacent to an activating group) is 1. The van der Waals surface area contributed by atoms with E-state index in [0.717, 1.165) is 18.4 Å². The number of amides is 1. The van der Waals surface area contributed by atoms with Gasteiger partial charge in [0.25, 0.3) is 0 Å². The van der Waals surface area contributed by atoms with E-state index in [9.17, 15) is 4.79 Å². The molecule has 0 bridgehead atoms. The van der Waals surface area contributed by atoms with Gasteiger partial charge in [-0.25, -0.2) is 0 Å². The lowest BCUT2D eigenvalue weighted by atomic mass is 10.0. The largest absolute Gasteiger partial charge is 0.352 e. The van der Waals surface area contributed by atoms with Gasteiger partial charge in [0.15, 0.2) is 0 Å². The molecule has 1 aliphatic carbocycles. The Morgan fingerprint density at radius 3 is 2.59 bits per heavy atom. The summed E-state index contributed by atoms with van der Waals surface area (Å²) in [5.41, 5.74) is 2.17. The highest BCUT2D eigenvalue weighted by Gasteiger charge is 2.27. The first-order valence-corrected chi connectivity index (χ1v) is 8.06. The van der Waals surface area contributed by atoms with Crippen molar-refractivity contribution >= 4 is 5.91 Å². The molecule has 1 N–H and O–H groups in total. The molecular formula is C18H25N3O. The predicted octanol–water partition coefficient (Wildman–Crippen LogP) is 2.94. The molecule has 1 saturated carbocycles. The Kier molecular flexibility index (Phi) is 5.97. The number of carbonyl (C=O) groups excluding carboxylic acids is 1. The topological polar surface area (TPSA) is 56.1 Å². The number of nitrogens with one attached hydrogen (secondary N) is 1. The Labute approximate surface area is 133 Å². The van der Waals surface area contributed by atoms with Gasteiger partial charge in [-0.3, -0.25) is 9.69 Å². The Morgan fingerprint density at radius 2 is 2.00 bits per heavy atom. The number of benzene rings is 1. The SMILES string of the molecule is Cc1ccc(C(C(=O)NC2CCCC2)N(C)CCC#N)cc1. The molecule has 1 aromatic rings. The van der Waals surface area contributed by atoms with Crippen LogP contribution in [-0.4, -0.2) is 30.4 Å². The second-order valence-corrected chi connectivity index (χ2v) is 6.19. The molecule has 4 heteroatoms. The Balaban J connectivity index is 2.14. The summed E-state index contributed by atoms with van der Waals surface area (Å²) in [5, 5.41) is 12.0. The number of nitrogens with zero attached hydrogens (tertiary/aromatic N) is 2. The quantitative estimate of drug-likeness (QED) is 0.878. The van der Waals surface area contributed by atoms with Gasteiger partial charge < -0.3 is 5.32 Å². The minimum atomic E-state index is -0.324. The van der Waals surface area contributed by atoms with E-state index in [-0.39, 0.29) is 11.9 Å². The molecule has 0 aliphatic heterocycles. The number of rotatable bonds is 6. The third-order valence-corrected chi connectivity index (χ3v) is 4.36. The summed E-state index contributed by atoms with van der Waals surface area (Å²) in [6.07, 6.45) is 4.98. The highest BCUT2D eigenvalue weighted by atomic mass is 16.2. The van der Waals surface area contributed by atoms with E-state index >= 15 is 0 Å². The van der Waals surface area contributed by atoms with Crippen LogP contribution in [0.4, 0.5) is 0 Å². The molecule has 0 radical (unpaired) electrons. The van der Waals surface area contributed by atoms with Gasteiger partial charge in [0.2, 0.25) is 5.91 Å². The summed E-state index contributed by atoms with van der Waals surface area (Å²) in [7, 11) is 1.91. The van der Waals surface area contributed by atoms with Crippen LogP contribution in [0.15, 0.2) is 24.3 Å². The highest BCUT2D eigenvalue weighted by Crippen LogP contribution is 2.23. The third kappa shape index (κ3) is 4.32. The normalized spacial score (nSPS) is 16.5. The van der Waals surface area contributed by atoms with Gasteiger partial charge in [0, 0.05) is 19.0 Å². The van der Waals surface area contributed by atoms with E-state index in [4.69, 9.17) is 5.26 Å². The molecule has 0 saturated heterocycles. The maximum absolute atomic E-state index is 12.8. The Bertz CT molecular complexity index is 526. The van der Waals surface area contributed by atoms with Crippen molar-refractivity contribution in [3.8, 4) is 6.07 Å². The van der Waals surface area contributed by atoms with Crippen LogP contribution in [0.2, 0.25) is 0 Å². The van der Waals surface area contributed by atoms with Crippen LogP contribution in [0, 0.1) is 18.3 Å². The molecule has 2 rings (SSSR count). The fourth-order valence-corrected chi connectivity index (χ4v) is 3.06. The van der Waals surface area contributed by atoms with Crippen molar-refractivity contribution in [1.29, 1.82) is 5.26 Å². The van der Waals surface area contributed by atoms with Gasteiger partial charge in [-0.05, 0) is 32.4 Å². The van der Waals surface area contributed by atoms with Gasteiger partial charge in [0.05, 0.1) is 6.07 Å². The molecule has 1 aliphatic rings. The van der Waals surface area contributed by atoms with Crippen LogP contribution in [0.3, 0.4) is 0 Å². The Morgan fingerprint density at radius 1 is 1.36 bits per heavy atom. The van der Waals surface area contributed by atoms with E-state index in [2.05, 4.69) is 11.4 Å². The number of carbonyl (C=O) groups is 1. The monoisotopic (exact) mass is 299 g/mol. The summed E-state index contributed by atoms with van der Waals surface area (Å²) in [6, 6.07) is 10.2. The van der Waals surface area contributed by atoms with Crippen LogP contribution < -0.4 is 5.32 Å². The summed E-state index contributed by atoms with van der Waals surface area (Å²) in [5.74, 6) is 0.0520. The van der Waals surface area contributed by atoms with Gasteiger partial charge in [-0.1, -0.05) is 42.7 Å². The zero-order valence-corrected chi connectivity index (χ0v) is 13.5. The molecule has 0 aromatic heterocycles. The highest BCUT2D eigenvalue weighted by molar-refractivity contribution is 5.83. The van der Waals surface area contributed by atoms with E-state index in [1.165, 1.54) is 18.4 Å². The molecule has 0 spiro atoms. The summed E-state index contributed by atoms with van der Waals surface area (Å²) in [4.78, 5) is 14.7. The first-order valence-electron chi connectivity index (χ1n) is 8.06. The van der Waals surface area contributed by atoms with Gasteiger partial charge in [-0.2, -0.15) is 5.26 Å². The zero-order valence-electron chi connectivity index (χ0n) is 13.5. The minimum absolute atomic E-state index is 0.0520. The van der Waals surface area contributed by atoms with Gasteiger partial charge >= 0.3 is 0 Å². The molecule has 1 amide bonds. The van der Waals surface area contributed by atoms with E-state index in [1.54, 1.807) is 0 Å². The van der Waals surface area contributed by atoms with Crippen molar-refractivity contribution < 1.29 is 4.79 Å². The first kappa shape index (κ1) is 16.5. The average Bonchev–Trinajstić information content (AvgIpc) is 3.00. The van der Waals surface area contributed by atoms with Crippen molar-refractivity contribution in [2.24, 2.45) is 0 Å². The fraction of sp³-hybridized carbons (Fsp3) is 0.556. The van der Waals surface area contributed by atoms with Gasteiger partial charge in [0.1, 0.15) is 6.04 Å². The lowest BCUT2D eigenvalue weighted by Crippen LogP contribution is -2.42. The van der Waals surface area contributed by atoms with Crippen LogP contribution in [0.1, 0.15) is 49.3 Å². The number of aryl methyl sites for hydroxylation is 1. The molecule has 0 heterocycles. The fourth-order valence-electron chi connectivity index (χ4n) is 3.06. The second-order valence-electron chi connectivity index (χ2n) is 6.19. The molecule has 1 aromatic carbocycles. The van der Waals surface area contributed by atoms with Crippen molar-refractivity contribution in [3.63, 3.8) is 0 Å². The van der Waals surface area contributed by atoms with Crippen LogP contribution in [-0.2, 0) is 4.79 Å². The third-order valence-electron chi connectivity index (χ3n) is 4.36. The minimum Gasteiger partial charge on any atom is -0.352 e. The number of nitriles is 1. The smallest absolute Gasteiger partial charge is 0.242 e. The van der Waals surface area contributed by atoms with Gasteiger partial charge in [-0.15, -0.1) is 0 Å². The molecule has 1 atom stereocenters.